The zero-order valence-corrected chi connectivity index (χ0v) is 13.7. The number of amides is 1. The van der Waals surface area contributed by atoms with Crippen molar-refractivity contribution in [2.75, 3.05) is 18.5 Å². The number of hydrogen-bond donors (Lipinski definition) is 1. The molecule has 24 heavy (non-hydrogen) atoms. The zero-order valence-electron chi connectivity index (χ0n) is 12.2. The van der Waals surface area contributed by atoms with E-state index >= 15 is 0 Å². The minimum absolute atomic E-state index is 0.00254. The molecule has 0 aliphatic heterocycles. The maximum atomic E-state index is 13.4. The zero-order chi connectivity index (χ0) is 17.5. The molecule has 2 aromatic rings. The van der Waals surface area contributed by atoms with Crippen LogP contribution in [0.2, 0.25) is 10.0 Å². The number of halogens is 3. The van der Waals surface area contributed by atoms with Crippen molar-refractivity contribution in [1.29, 1.82) is 0 Å². The number of carbonyl (C=O) groups is 2. The van der Waals surface area contributed by atoms with E-state index in [1.165, 1.54) is 30.3 Å². The highest BCUT2D eigenvalue weighted by Crippen LogP contribution is 2.27. The van der Waals surface area contributed by atoms with Gasteiger partial charge in [0.05, 0.1) is 10.7 Å². The lowest BCUT2D eigenvalue weighted by Crippen LogP contribution is -2.24. The van der Waals surface area contributed by atoms with Crippen LogP contribution < -0.4 is 10.1 Å². The summed E-state index contributed by atoms with van der Waals surface area (Å²) in [7, 11) is 0. The molecule has 0 unspecified atom stereocenters. The molecule has 0 aliphatic carbocycles. The molecular weight excluding hydrogens is 360 g/mol. The van der Waals surface area contributed by atoms with Gasteiger partial charge in [0.15, 0.2) is 13.2 Å². The summed E-state index contributed by atoms with van der Waals surface area (Å²) in [5, 5.41) is 2.96. The molecule has 0 radical (unpaired) electrons. The van der Waals surface area contributed by atoms with Crippen LogP contribution in [-0.2, 0) is 14.3 Å². The van der Waals surface area contributed by atoms with Crippen LogP contribution in [0.25, 0.3) is 0 Å². The van der Waals surface area contributed by atoms with Gasteiger partial charge in [-0.15, -0.1) is 0 Å². The Morgan fingerprint density at radius 2 is 1.83 bits per heavy atom. The third-order valence-corrected chi connectivity index (χ3v) is 3.28. The first-order valence-electron chi connectivity index (χ1n) is 6.73. The Balaban J connectivity index is 1.76. The predicted molar refractivity (Wildman–Crippen MR) is 87.9 cm³/mol. The van der Waals surface area contributed by atoms with Crippen molar-refractivity contribution in [3.05, 3.63) is 58.3 Å². The standard InChI is InChI=1S/C16H12Cl2FNO4/c17-10-5-6-14(11(18)7-10)23-9-16(22)24-8-15(21)20-13-4-2-1-3-12(13)19/h1-7H,8-9H2,(H,20,21). The highest BCUT2D eigenvalue weighted by molar-refractivity contribution is 6.35. The molecule has 1 amide bonds. The fraction of sp³-hybridized carbons (Fsp3) is 0.125. The summed E-state index contributed by atoms with van der Waals surface area (Å²) >= 11 is 11.6. The van der Waals surface area contributed by atoms with Crippen LogP contribution in [-0.4, -0.2) is 25.1 Å². The van der Waals surface area contributed by atoms with Crippen molar-refractivity contribution in [3.63, 3.8) is 0 Å². The number of benzene rings is 2. The van der Waals surface area contributed by atoms with E-state index in [-0.39, 0.29) is 16.5 Å². The van der Waals surface area contributed by atoms with Crippen molar-refractivity contribution in [3.8, 4) is 5.75 Å². The van der Waals surface area contributed by atoms with Crippen LogP contribution in [0.1, 0.15) is 0 Å². The summed E-state index contributed by atoms with van der Waals surface area (Å²) in [5.41, 5.74) is 0.00254. The van der Waals surface area contributed by atoms with E-state index in [4.69, 9.17) is 32.7 Å². The van der Waals surface area contributed by atoms with Gasteiger partial charge in [0, 0.05) is 5.02 Å². The molecule has 0 fully saturated rings. The topological polar surface area (TPSA) is 64.6 Å². The SMILES string of the molecule is O=C(COC(=O)COc1ccc(Cl)cc1Cl)Nc1ccccc1F. The Hall–Kier alpha value is -2.31. The Labute approximate surface area is 147 Å². The van der Waals surface area contributed by atoms with Gasteiger partial charge in [0.1, 0.15) is 11.6 Å². The first-order chi connectivity index (χ1) is 11.5. The lowest BCUT2D eigenvalue weighted by atomic mass is 10.3. The molecule has 2 aromatic carbocycles. The van der Waals surface area contributed by atoms with Crippen LogP contribution in [0.4, 0.5) is 10.1 Å². The summed E-state index contributed by atoms with van der Waals surface area (Å²) in [6.07, 6.45) is 0. The third-order valence-electron chi connectivity index (χ3n) is 2.75. The number of carbonyl (C=O) groups excluding carboxylic acids is 2. The average Bonchev–Trinajstić information content (AvgIpc) is 2.54. The smallest absolute Gasteiger partial charge is 0.344 e. The quantitative estimate of drug-likeness (QED) is 0.786. The van der Waals surface area contributed by atoms with Crippen LogP contribution in [0, 0.1) is 5.82 Å². The largest absolute Gasteiger partial charge is 0.480 e. The summed E-state index contributed by atoms with van der Waals surface area (Å²) in [6, 6.07) is 10.2. The van der Waals surface area contributed by atoms with E-state index in [9.17, 15) is 14.0 Å². The molecule has 0 atom stereocenters. The van der Waals surface area contributed by atoms with Crippen molar-refractivity contribution in [2.45, 2.75) is 0 Å². The summed E-state index contributed by atoms with van der Waals surface area (Å²) in [4.78, 5) is 23.2. The molecular formula is C16H12Cl2FNO4. The molecule has 0 heterocycles. The Kier molecular flexibility index (Phi) is 6.40. The normalized spacial score (nSPS) is 10.1. The molecule has 0 aliphatic rings. The van der Waals surface area contributed by atoms with Crippen LogP contribution in [0.3, 0.4) is 0 Å². The van der Waals surface area contributed by atoms with Gasteiger partial charge >= 0.3 is 5.97 Å². The number of esters is 1. The second-order valence-corrected chi connectivity index (χ2v) is 5.40. The van der Waals surface area contributed by atoms with Gasteiger partial charge in [-0.05, 0) is 30.3 Å². The van der Waals surface area contributed by atoms with E-state index in [0.29, 0.717) is 5.02 Å². The molecule has 2 rings (SSSR count). The number of para-hydroxylation sites is 1. The van der Waals surface area contributed by atoms with Crippen molar-refractivity contribution in [1.82, 2.24) is 0 Å². The maximum Gasteiger partial charge on any atom is 0.344 e. The first kappa shape index (κ1) is 18.0. The first-order valence-corrected chi connectivity index (χ1v) is 7.49. The molecule has 0 spiro atoms. The summed E-state index contributed by atoms with van der Waals surface area (Å²) in [6.45, 7) is -1.00. The molecule has 0 saturated carbocycles. The second-order valence-electron chi connectivity index (χ2n) is 4.55. The maximum absolute atomic E-state index is 13.4. The van der Waals surface area contributed by atoms with E-state index < -0.39 is 30.9 Å². The van der Waals surface area contributed by atoms with Gasteiger partial charge in [-0.2, -0.15) is 0 Å². The number of hydrogen-bond acceptors (Lipinski definition) is 4. The predicted octanol–water partition coefficient (Wildman–Crippen LogP) is 3.69. The molecule has 1 N–H and O–H groups in total. The highest BCUT2D eigenvalue weighted by atomic mass is 35.5. The van der Waals surface area contributed by atoms with Gasteiger partial charge in [-0.1, -0.05) is 35.3 Å². The molecule has 5 nitrogen and oxygen atoms in total. The minimum atomic E-state index is -0.773. The van der Waals surface area contributed by atoms with Gasteiger partial charge < -0.3 is 14.8 Å². The molecule has 0 aromatic heterocycles. The molecule has 126 valence electrons. The number of anilines is 1. The fourth-order valence-electron chi connectivity index (χ4n) is 1.67. The molecule has 0 bridgehead atoms. The number of nitrogens with one attached hydrogen (secondary N) is 1. The van der Waals surface area contributed by atoms with E-state index in [0.717, 1.165) is 0 Å². The average molecular weight is 372 g/mol. The second kappa shape index (κ2) is 8.52. The monoisotopic (exact) mass is 371 g/mol. The number of ether oxygens (including phenoxy) is 2. The van der Waals surface area contributed by atoms with E-state index in [2.05, 4.69) is 5.32 Å². The fourth-order valence-corrected chi connectivity index (χ4v) is 2.13. The van der Waals surface area contributed by atoms with E-state index in [1.54, 1.807) is 12.1 Å². The highest BCUT2D eigenvalue weighted by Gasteiger charge is 2.11. The van der Waals surface area contributed by atoms with E-state index in [1.807, 2.05) is 0 Å². The lowest BCUT2D eigenvalue weighted by Gasteiger charge is -2.09. The Morgan fingerprint density at radius 3 is 2.54 bits per heavy atom. The van der Waals surface area contributed by atoms with Crippen LogP contribution >= 0.6 is 23.2 Å². The number of rotatable bonds is 6. The summed E-state index contributed by atoms with van der Waals surface area (Å²) in [5.74, 6) is -1.77. The molecule has 8 heteroatoms. The minimum Gasteiger partial charge on any atom is -0.480 e. The van der Waals surface area contributed by atoms with Crippen molar-refractivity contribution in [2.24, 2.45) is 0 Å². The van der Waals surface area contributed by atoms with Crippen molar-refractivity contribution >= 4 is 40.8 Å². The van der Waals surface area contributed by atoms with Gasteiger partial charge in [0.25, 0.3) is 5.91 Å². The molecule has 0 saturated heterocycles. The summed E-state index contributed by atoms with van der Waals surface area (Å²) < 4.78 is 23.3. The van der Waals surface area contributed by atoms with Crippen molar-refractivity contribution < 1.29 is 23.5 Å². The van der Waals surface area contributed by atoms with Crippen LogP contribution in [0.5, 0.6) is 5.75 Å². The van der Waals surface area contributed by atoms with Gasteiger partial charge in [-0.3, -0.25) is 4.79 Å². The Bertz CT molecular complexity index is 755. The Morgan fingerprint density at radius 1 is 1.08 bits per heavy atom. The lowest BCUT2D eigenvalue weighted by molar-refractivity contribution is -0.149. The van der Waals surface area contributed by atoms with Crippen LogP contribution in [0.15, 0.2) is 42.5 Å². The van der Waals surface area contributed by atoms with Gasteiger partial charge in [-0.25, -0.2) is 9.18 Å². The third kappa shape index (κ3) is 5.40. The van der Waals surface area contributed by atoms with Gasteiger partial charge in [0.2, 0.25) is 0 Å².